The van der Waals surface area contributed by atoms with Crippen molar-refractivity contribution < 1.29 is 26.3 Å². The quantitative estimate of drug-likeness (QED) is 0.343. The van der Waals surface area contributed by atoms with E-state index in [1.807, 2.05) is 0 Å². The maximum Gasteiger partial charge on any atom is 0.417 e. The Labute approximate surface area is 142 Å². The number of aryl methyl sites for hydroxylation is 2. The van der Waals surface area contributed by atoms with E-state index in [9.17, 15) is 26.3 Å². The molecule has 124 valence electrons. The van der Waals surface area contributed by atoms with E-state index in [-0.39, 0.29) is 0 Å². The molecule has 0 radical (unpaired) electrons. The molecule has 2 aromatic rings. The maximum absolute atomic E-state index is 13.3. The number of hydrogen-bond donors (Lipinski definition) is 0. The Hall–Kier alpha value is -1.25. The summed E-state index contributed by atoms with van der Waals surface area (Å²) in [6.45, 7) is 3.06. The molecule has 0 aromatic heterocycles. The van der Waals surface area contributed by atoms with Crippen molar-refractivity contribution in [3.8, 4) is 11.1 Å². The Morgan fingerprint density at radius 3 is 1.70 bits per heavy atom. The highest BCUT2D eigenvalue weighted by molar-refractivity contribution is 14.1. The van der Waals surface area contributed by atoms with Crippen molar-refractivity contribution >= 4 is 22.6 Å². The lowest BCUT2D eigenvalue weighted by Gasteiger charge is -2.19. The second-order valence-electron chi connectivity index (χ2n) is 5.17. The summed E-state index contributed by atoms with van der Waals surface area (Å²) >= 11 is 1.78. The van der Waals surface area contributed by atoms with Gasteiger partial charge in [0.25, 0.3) is 0 Å². The second kappa shape index (κ2) is 5.99. The van der Waals surface area contributed by atoms with Gasteiger partial charge in [-0.3, -0.25) is 0 Å². The molecule has 0 saturated heterocycles. The summed E-state index contributed by atoms with van der Waals surface area (Å²) in [6.07, 6.45) is -9.47. The van der Waals surface area contributed by atoms with Crippen molar-refractivity contribution in [2.75, 3.05) is 0 Å². The standard InChI is InChI=1S/C16H11F6I/c1-8-5-11(14(6-9(8)2)16(20,21)22)12-7-10(23)3-4-13(12)15(17,18)19/h3-7H,1-2H3. The average molecular weight is 444 g/mol. The van der Waals surface area contributed by atoms with E-state index >= 15 is 0 Å². The minimum atomic E-state index is -4.74. The van der Waals surface area contributed by atoms with Gasteiger partial charge in [0.2, 0.25) is 0 Å². The molecule has 2 aromatic carbocycles. The van der Waals surface area contributed by atoms with Crippen LogP contribution in [-0.2, 0) is 12.4 Å². The van der Waals surface area contributed by atoms with Gasteiger partial charge < -0.3 is 0 Å². The van der Waals surface area contributed by atoms with Crippen molar-refractivity contribution in [1.82, 2.24) is 0 Å². The molecule has 0 aliphatic rings. The van der Waals surface area contributed by atoms with Crippen LogP contribution in [0, 0.1) is 17.4 Å². The fourth-order valence-corrected chi connectivity index (χ4v) is 2.75. The van der Waals surface area contributed by atoms with Gasteiger partial charge in [-0.2, -0.15) is 26.3 Å². The Morgan fingerprint density at radius 1 is 0.696 bits per heavy atom. The summed E-state index contributed by atoms with van der Waals surface area (Å²) in [5.74, 6) is 0. The third-order valence-corrected chi connectivity index (χ3v) is 4.19. The molecular formula is C16H11F6I. The van der Waals surface area contributed by atoms with E-state index < -0.39 is 34.6 Å². The van der Waals surface area contributed by atoms with Crippen LogP contribution in [0.2, 0.25) is 0 Å². The number of alkyl halides is 6. The molecule has 0 nitrogen and oxygen atoms in total. The van der Waals surface area contributed by atoms with Gasteiger partial charge >= 0.3 is 12.4 Å². The molecule has 7 heteroatoms. The van der Waals surface area contributed by atoms with Crippen molar-refractivity contribution in [1.29, 1.82) is 0 Å². The Kier molecular flexibility index (Phi) is 4.71. The lowest BCUT2D eigenvalue weighted by molar-refractivity contribution is -0.139. The van der Waals surface area contributed by atoms with Gasteiger partial charge in [-0.1, -0.05) is 6.07 Å². The first kappa shape index (κ1) is 18.1. The zero-order chi connectivity index (χ0) is 17.6. The van der Waals surface area contributed by atoms with Crippen molar-refractivity contribution in [2.45, 2.75) is 26.2 Å². The molecule has 0 bridgehead atoms. The molecule has 23 heavy (non-hydrogen) atoms. The molecule has 0 spiro atoms. The first-order chi connectivity index (χ1) is 10.4. The van der Waals surface area contributed by atoms with E-state index in [0.29, 0.717) is 14.7 Å². The highest BCUT2D eigenvalue weighted by Gasteiger charge is 2.38. The lowest BCUT2D eigenvalue weighted by Crippen LogP contribution is -2.12. The molecule has 0 heterocycles. The minimum Gasteiger partial charge on any atom is -0.166 e. The molecule has 2 rings (SSSR count). The summed E-state index contributed by atoms with van der Waals surface area (Å²) in [4.78, 5) is 0. The van der Waals surface area contributed by atoms with E-state index in [1.54, 1.807) is 29.5 Å². The predicted octanol–water partition coefficient (Wildman–Crippen LogP) is 6.61. The second-order valence-corrected chi connectivity index (χ2v) is 6.41. The molecule has 0 aliphatic carbocycles. The van der Waals surface area contributed by atoms with Gasteiger partial charge in [-0.15, -0.1) is 0 Å². The molecule has 0 saturated carbocycles. The van der Waals surface area contributed by atoms with Crippen LogP contribution < -0.4 is 0 Å². The first-order valence-electron chi connectivity index (χ1n) is 6.47. The fraction of sp³-hybridized carbons (Fsp3) is 0.250. The van der Waals surface area contributed by atoms with Crippen LogP contribution in [-0.4, -0.2) is 0 Å². The summed E-state index contributed by atoms with van der Waals surface area (Å²) in [5, 5.41) is 0. The van der Waals surface area contributed by atoms with Gasteiger partial charge in [0, 0.05) is 3.57 Å². The number of benzene rings is 2. The summed E-state index contributed by atoms with van der Waals surface area (Å²) in [5.41, 5.74) is -2.17. The molecule has 0 fully saturated rings. The zero-order valence-corrected chi connectivity index (χ0v) is 14.2. The van der Waals surface area contributed by atoms with Gasteiger partial charge in [0.05, 0.1) is 11.1 Å². The van der Waals surface area contributed by atoms with Crippen LogP contribution in [0.4, 0.5) is 26.3 Å². The van der Waals surface area contributed by atoms with Crippen molar-refractivity contribution in [3.63, 3.8) is 0 Å². The molecule has 0 amide bonds. The molecule has 0 aliphatic heterocycles. The highest BCUT2D eigenvalue weighted by atomic mass is 127. The van der Waals surface area contributed by atoms with Crippen LogP contribution in [0.5, 0.6) is 0 Å². The van der Waals surface area contributed by atoms with Crippen LogP contribution in [0.3, 0.4) is 0 Å². The summed E-state index contributed by atoms with van der Waals surface area (Å²) < 4.78 is 79.9. The minimum absolute atomic E-state index is 0.375. The van der Waals surface area contributed by atoms with Gasteiger partial charge in [0.15, 0.2) is 0 Å². The van der Waals surface area contributed by atoms with Gasteiger partial charge in [-0.05, 0) is 83.0 Å². The number of halogens is 7. The summed E-state index contributed by atoms with van der Waals surface area (Å²) in [7, 11) is 0. The van der Waals surface area contributed by atoms with Crippen molar-refractivity contribution in [3.05, 3.63) is 56.2 Å². The lowest BCUT2D eigenvalue weighted by atomic mass is 9.91. The Balaban J connectivity index is 2.87. The number of hydrogen-bond acceptors (Lipinski definition) is 0. The summed E-state index contributed by atoms with van der Waals surface area (Å²) in [6, 6.07) is 5.22. The van der Waals surface area contributed by atoms with Gasteiger partial charge in [-0.25, -0.2) is 0 Å². The average Bonchev–Trinajstić information content (AvgIpc) is 2.38. The Bertz CT molecular complexity index is 743. The highest BCUT2D eigenvalue weighted by Crippen LogP contribution is 2.43. The predicted molar refractivity (Wildman–Crippen MR) is 84.1 cm³/mol. The molecular weight excluding hydrogens is 433 g/mol. The molecule has 0 N–H and O–H groups in total. The van der Waals surface area contributed by atoms with Crippen molar-refractivity contribution in [2.24, 2.45) is 0 Å². The van der Waals surface area contributed by atoms with Crippen LogP contribution in [0.15, 0.2) is 30.3 Å². The van der Waals surface area contributed by atoms with E-state index in [2.05, 4.69) is 0 Å². The molecule has 0 atom stereocenters. The Morgan fingerprint density at radius 2 is 1.17 bits per heavy atom. The SMILES string of the molecule is Cc1cc(-c2cc(I)ccc2C(F)(F)F)c(C(F)(F)F)cc1C. The largest absolute Gasteiger partial charge is 0.417 e. The normalized spacial score (nSPS) is 12.6. The van der Waals surface area contributed by atoms with Crippen LogP contribution in [0.1, 0.15) is 22.3 Å². The fourth-order valence-electron chi connectivity index (χ4n) is 2.26. The topological polar surface area (TPSA) is 0 Å². The third kappa shape index (κ3) is 3.81. The molecule has 0 unspecified atom stereocenters. The monoisotopic (exact) mass is 444 g/mol. The van der Waals surface area contributed by atoms with Crippen LogP contribution in [0.25, 0.3) is 11.1 Å². The van der Waals surface area contributed by atoms with E-state index in [4.69, 9.17) is 0 Å². The first-order valence-corrected chi connectivity index (χ1v) is 7.54. The zero-order valence-electron chi connectivity index (χ0n) is 12.0. The smallest absolute Gasteiger partial charge is 0.166 e. The van der Waals surface area contributed by atoms with E-state index in [1.165, 1.54) is 19.1 Å². The van der Waals surface area contributed by atoms with Gasteiger partial charge in [0.1, 0.15) is 0 Å². The maximum atomic E-state index is 13.3. The van der Waals surface area contributed by atoms with Crippen LogP contribution >= 0.6 is 22.6 Å². The third-order valence-electron chi connectivity index (χ3n) is 3.52. The number of rotatable bonds is 1. The van der Waals surface area contributed by atoms with E-state index in [0.717, 1.165) is 18.2 Å².